The molecular weight excluding hydrogens is 348 g/mol. The molecule has 3 aromatic rings. The first-order chi connectivity index (χ1) is 12.3. The molecule has 6 heteroatoms. The van der Waals surface area contributed by atoms with Crippen molar-refractivity contribution in [1.29, 1.82) is 0 Å². The predicted molar refractivity (Wildman–Crippen MR) is 102 cm³/mol. The SMILES string of the molecule is CC(C)(O)CN(Cc1ccccc1)S(=O)(=O)c1cccc2cnccc12. The summed E-state index contributed by atoms with van der Waals surface area (Å²) in [6, 6.07) is 16.2. The van der Waals surface area contributed by atoms with Crippen molar-refractivity contribution in [1.82, 2.24) is 9.29 Å². The van der Waals surface area contributed by atoms with Crippen molar-refractivity contribution in [3.63, 3.8) is 0 Å². The summed E-state index contributed by atoms with van der Waals surface area (Å²) >= 11 is 0. The molecule has 0 fully saturated rings. The van der Waals surface area contributed by atoms with E-state index in [1.807, 2.05) is 36.4 Å². The van der Waals surface area contributed by atoms with Gasteiger partial charge in [-0.3, -0.25) is 4.98 Å². The highest BCUT2D eigenvalue weighted by Crippen LogP contribution is 2.27. The van der Waals surface area contributed by atoms with Gasteiger partial charge in [-0.25, -0.2) is 8.42 Å². The number of pyridine rings is 1. The van der Waals surface area contributed by atoms with Crippen molar-refractivity contribution in [2.24, 2.45) is 0 Å². The first-order valence-corrected chi connectivity index (χ1v) is 9.81. The van der Waals surface area contributed by atoms with Crippen molar-refractivity contribution in [2.75, 3.05) is 6.54 Å². The summed E-state index contributed by atoms with van der Waals surface area (Å²) < 4.78 is 28.2. The maximum Gasteiger partial charge on any atom is 0.244 e. The minimum Gasteiger partial charge on any atom is -0.389 e. The number of rotatable bonds is 6. The molecule has 0 bridgehead atoms. The van der Waals surface area contributed by atoms with Crippen LogP contribution in [-0.4, -0.2) is 35.0 Å². The minimum atomic E-state index is -3.81. The second-order valence-electron chi connectivity index (χ2n) is 6.92. The quantitative estimate of drug-likeness (QED) is 0.723. The van der Waals surface area contributed by atoms with Gasteiger partial charge in [0, 0.05) is 36.3 Å². The molecule has 0 aliphatic rings. The van der Waals surface area contributed by atoms with E-state index in [1.54, 1.807) is 44.4 Å². The normalized spacial score (nSPS) is 12.6. The molecule has 0 unspecified atom stereocenters. The molecule has 0 saturated heterocycles. The van der Waals surface area contributed by atoms with E-state index in [0.29, 0.717) is 5.39 Å². The highest BCUT2D eigenvalue weighted by atomic mass is 32.2. The molecule has 2 aromatic carbocycles. The largest absolute Gasteiger partial charge is 0.389 e. The van der Waals surface area contributed by atoms with Gasteiger partial charge in [0.1, 0.15) is 0 Å². The van der Waals surface area contributed by atoms with Crippen LogP contribution in [0.15, 0.2) is 71.9 Å². The van der Waals surface area contributed by atoms with E-state index in [2.05, 4.69) is 4.98 Å². The van der Waals surface area contributed by atoms with Gasteiger partial charge in [-0.15, -0.1) is 0 Å². The Balaban J connectivity index is 2.08. The second kappa shape index (κ2) is 7.15. The first-order valence-electron chi connectivity index (χ1n) is 8.36. The summed E-state index contributed by atoms with van der Waals surface area (Å²) in [6.07, 6.45) is 3.23. The van der Waals surface area contributed by atoms with Crippen molar-refractivity contribution >= 4 is 20.8 Å². The summed E-state index contributed by atoms with van der Waals surface area (Å²) in [6.45, 7) is 3.39. The topological polar surface area (TPSA) is 70.5 Å². The predicted octanol–water partition coefficient (Wildman–Crippen LogP) is 3.20. The lowest BCUT2D eigenvalue weighted by atomic mass is 10.1. The van der Waals surface area contributed by atoms with E-state index in [4.69, 9.17) is 0 Å². The lowest BCUT2D eigenvalue weighted by Crippen LogP contribution is -2.41. The molecule has 1 aromatic heterocycles. The van der Waals surface area contributed by atoms with Gasteiger partial charge in [0.2, 0.25) is 10.0 Å². The zero-order valence-corrected chi connectivity index (χ0v) is 15.6. The van der Waals surface area contributed by atoms with Crippen LogP contribution < -0.4 is 0 Å². The maximum absolute atomic E-state index is 13.4. The molecule has 1 N–H and O–H groups in total. The fraction of sp³-hybridized carbons (Fsp3) is 0.250. The standard InChI is InChI=1S/C20H22N2O3S/c1-20(2,23)15-22(14-16-7-4-3-5-8-16)26(24,25)19-10-6-9-17-13-21-12-11-18(17)19/h3-13,23H,14-15H2,1-2H3. The van der Waals surface area contributed by atoms with Gasteiger partial charge in [-0.05, 0) is 31.5 Å². The molecule has 5 nitrogen and oxygen atoms in total. The van der Waals surface area contributed by atoms with Crippen LogP contribution in [0.1, 0.15) is 19.4 Å². The highest BCUT2D eigenvalue weighted by molar-refractivity contribution is 7.89. The number of hydrogen-bond acceptors (Lipinski definition) is 4. The van der Waals surface area contributed by atoms with Gasteiger partial charge in [-0.2, -0.15) is 4.31 Å². The Morgan fingerprint density at radius 2 is 1.77 bits per heavy atom. The van der Waals surface area contributed by atoms with E-state index >= 15 is 0 Å². The molecule has 0 aliphatic heterocycles. The van der Waals surface area contributed by atoms with E-state index in [1.165, 1.54) is 4.31 Å². The Bertz CT molecular complexity index is 991. The fourth-order valence-corrected chi connectivity index (χ4v) is 4.70. The molecule has 26 heavy (non-hydrogen) atoms. The number of sulfonamides is 1. The fourth-order valence-electron chi connectivity index (χ4n) is 2.90. The number of aliphatic hydroxyl groups is 1. The van der Waals surface area contributed by atoms with Crippen LogP contribution in [0.4, 0.5) is 0 Å². The van der Waals surface area contributed by atoms with Gasteiger partial charge < -0.3 is 5.11 Å². The van der Waals surface area contributed by atoms with Crippen molar-refractivity contribution in [3.8, 4) is 0 Å². The number of aromatic nitrogens is 1. The Labute approximate surface area is 154 Å². The first kappa shape index (κ1) is 18.5. The van der Waals surface area contributed by atoms with Crippen molar-refractivity contribution in [3.05, 3.63) is 72.6 Å². The Morgan fingerprint density at radius 3 is 2.46 bits per heavy atom. The minimum absolute atomic E-state index is 0.00824. The lowest BCUT2D eigenvalue weighted by molar-refractivity contribution is 0.0577. The van der Waals surface area contributed by atoms with E-state index in [9.17, 15) is 13.5 Å². The molecular formula is C20H22N2O3S. The number of nitrogens with zero attached hydrogens (tertiary/aromatic N) is 2. The summed E-state index contributed by atoms with van der Waals surface area (Å²) in [5, 5.41) is 11.7. The maximum atomic E-state index is 13.4. The van der Waals surface area contributed by atoms with Gasteiger partial charge in [0.15, 0.2) is 0 Å². The average molecular weight is 370 g/mol. The van der Waals surface area contributed by atoms with Crippen LogP contribution >= 0.6 is 0 Å². The van der Waals surface area contributed by atoms with Gasteiger partial charge >= 0.3 is 0 Å². The number of benzene rings is 2. The van der Waals surface area contributed by atoms with Crippen molar-refractivity contribution in [2.45, 2.75) is 30.9 Å². The molecule has 0 radical (unpaired) electrons. The molecule has 0 saturated carbocycles. The van der Waals surface area contributed by atoms with Gasteiger partial charge in [0.05, 0.1) is 10.5 Å². The highest BCUT2D eigenvalue weighted by Gasteiger charge is 2.30. The third-order valence-corrected chi connectivity index (χ3v) is 5.87. The van der Waals surface area contributed by atoms with Gasteiger partial charge in [0.25, 0.3) is 0 Å². The molecule has 0 spiro atoms. The van der Waals surface area contributed by atoms with E-state index < -0.39 is 15.6 Å². The van der Waals surface area contributed by atoms with Crippen molar-refractivity contribution < 1.29 is 13.5 Å². The van der Waals surface area contributed by atoms with Crippen LogP contribution in [0, 0.1) is 0 Å². The third-order valence-electron chi connectivity index (χ3n) is 4.02. The monoisotopic (exact) mass is 370 g/mol. The molecule has 0 aliphatic carbocycles. The van der Waals surface area contributed by atoms with E-state index in [0.717, 1.165) is 10.9 Å². The molecule has 3 rings (SSSR count). The Morgan fingerprint density at radius 1 is 1.04 bits per heavy atom. The van der Waals surface area contributed by atoms with Crippen LogP contribution in [0.5, 0.6) is 0 Å². The van der Waals surface area contributed by atoms with E-state index in [-0.39, 0.29) is 18.0 Å². The average Bonchev–Trinajstić information content (AvgIpc) is 2.60. The molecule has 0 atom stereocenters. The lowest BCUT2D eigenvalue weighted by Gasteiger charge is -2.29. The summed E-state index contributed by atoms with van der Waals surface area (Å²) in [5.41, 5.74) is -0.296. The summed E-state index contributed by atoms with van der Waals surface area (Å²) in [4.78, 5) is 4.28. The number of fused-ring (bicyclic) bond motifs is 1. The Hall–Kier alpha value is -2.28. The zero-order valence-electron chi connectivity index (χ0n) is 14.8. The Kier molecular flexibility index (Phi) is 5.09. The number of hydrogen-bond donors (Lipinski definition) is 1. The second-order valence-corrected chi connectivity index (χ2v) is 8.83. The molecule has 136 valence electrons. The zero-order chi connectivity index (χ0) is 18.8. The third kappa shape index (κ3) is 4.09. The molecule has 0 amide bonds. The van der Waals surface area contributed by atoms with Crippen LogP contribution in [0.25, 0.3) is 10.8 Å². The van der Waals surface area contributed by atoms with Crippen LogP contribution in [-0.2, 0) is 16.6 Å². The molecule has 1 heterocycles. The smallest absolute Gasteiger partial charge is 0.244 e. The summed E-state index contributed by atoms with van der Waals surface area (Å²) in [5.74, 6) is 0. The van der Waals surface area contributed by atoms with Gasteiger partial charge in [-0.1, -0.05) is 42.5 Å². The van der Waals surface area contributed by atoms with Crippen LogP contribution in [0.3, 0.4) is 0 Å². The van der Waals surface area contributed by atoms with Crippen LogP contribution in [0.2, 0.25) is 0 Å². The summed E-state index contributed by atoms with van der Waals surface area (Å²) in [7, 11) is -3.81.